The minimum Gasteiger partial charge on any atom is -0.487 e. The van der Waals surface area contributed by atoms with E-state index in [1.807, 2.05) is 49.6 Å². The summed E-state index contributed by atoms with van der Waals surface area (Å²) >= 11 is 1.59. The van der Waals surface area contributed by atoms with Crippen LogP contribution < -0.4 is 4.74 Å². The molecule has 150 valence electrons. The quantitative estimate of drug-likeness (QED) is 0.478. The molecule has 1 amide bonds. The number of carbonyl (C=O) groups excluding carboxylic acids is 1. The Hall–Kier alpha value is -2.99. The molecule has 0 aliphatic rings. The van der Waals surface area contributed by atoms with Gasteiger partial charge in [-0.25, -0.2) is 9.37 Å². The van der Waals surface area contributed by atoms with E-state index in [-0.39, 0.29) is 11.7 Å². The van der Waals surface area contributed by atoms with E-state index in [0.29, 0.717) is 19.7 Å². The number of nitrogens with zero attached hydrogens (tertiary/aromatic N) is 2. The van der Waals surface area contributed by atoms with Gasteiger partial charge in [0.2, 0.25) is 5.91 Å². The molecule has 0 saturated carbocycles. The van der Waals surface area contributed by atoms with Crippen molar-refractivity contribution in [2.45, 2.75) is 27.0 Å². The van der Waals surface area contributed by atoms with E-state index in [2.05, 4.69) is 4.98 Å². The van der Waals surface area contributed by atoms with Gasteiger partial charge in [0, 0.05) is 24.5 Å². The van der Waals surface area contributed by atoms with Crippen LogP contribution in [0.15, 0.2) is 60.0 Å². The molecule has 0 aliphatic carbocycles. The van der Waals surface area contributed by atoms with Crippen molar-refractivity contribution < 1.29 is 13.9 Å². The first-order chi connectivity index (χ1) is 14.0. The second kappa shape index (κ2) is 9.98. The summed E-state index contributed by atoms with van der Waals surface area (Å²) in [7, 11) is 0. The van der Waals surface area contributed by atoms with Crippen LogP contribution in [0.5, 0.6) is 5.75 Å². The van der Waals surface area contributed by atoms with Crippen LogP contribution in [0.2, 0.25) is 0 Å². The van der Waals surface area contributed by atoms with Gasteiger partial charge < -0.3 is 9.64 Å². The van der Waals surface area contributed by atoms with Crippen molar-refractivity contribution in [2.75, 3.05) is 6.54 Å². The summed E-state index contributed by atoms with van der Waals surface area (Å²) in [6, 6.07) is 13.9. The molecule has 0 aliphatic heterocycles. The third kappa shape index (κ3) is 6.26. The van der Waals surface area contributed by atoms with Gasteiger partial charge >= 0.3 is 0 Å². The maximum absolute atomic E-state index is 13.4. The average Bonchev–Trinajstić information content (AvgIpc) is 3.14. The van der Waals surface area contributed by atoms with Crippen LogP contribution >= 0.6 is 11.3 Å². The molecule has 6 heteroatoms. The van der Waals surface area contributed by atoms with Crippen molar-refractivity contribution in [3.8, 4) is 5.75 Å². The SMILES string of the molecule is CCN(Cc1cccc(F)c1)C(=O)/C=C/c1cccc(OCc2csc(C)n2)c1. The van der Waals surface area contributed by atoms with Crippen molar-refractivity contribution >= 4 is 23.3 Å². The van der Waals surface area contributed by atoms with E-state index in [0.717, 1.165) is 27.6 Å². The number of hydrogen-bond acceptors (Lipinski definition) is 4. The highest BCUT2D eigenvalue weighted by atomic mass is 32.1. The summed E-state index contributed by atoms with van der Waals surface area (Å²) in [4.78, 5) is 18.6. The average molecular weight is 411 g/mol. The van der Waals surface area contributed by atoms with Crippen molar-refractivity contribution in [1.82, 2.24) is 9.88 Å². The second-order valence-electron chi connectivity index (χ2n) is 6.53. The zero-order chi connectivity index (χ0) is 20.6. The topological polar surface area (TPSA) is 42.4 Å². The Kier molecular flexibility index (Phi) is 7.14. The molecule has 2 aromatic carbocycles. The summed E-state index contributed by atoms with van der Waals surface area (Å²) in [6.07, 6.45) is 3.29. The Morgan fingerprint density at radius 1 is 1.24 bits per heavy atom. The predicted molar refractivity (Wildman–Crippen MR) is 114 cm³/mol. The Morgan fingerprint density at radius 2 is 2.07 bits per heavy atom. The molecule has 1 aromatic heterocycles. The van der Waals surface area contributed by atoms with Crippen LogP contribution in [-0.4, -0.2) is 22.3 Å². The van der Waals surface area contributed by atoms with Gasteiger partial charge in [-0.3, -0.25) is 4.79 Å². The zero-order valence-corrected chi connectivity index (χ0v) is 17.3. The van der Waals surface area contributed by atoms with Gasteiger partial charge in [0.05, 0.1) is 10.7 Å². The molecule has 0 atom stereocenters. The molecule has 29 heavy (non-hydrogen) atoms. The van der Waals surface area contributed by atoms with Crippen molar-refractivity contribution in [3.05, 3.63) is 87.6 Å². The lowest BCUT2D eigenvalue weighted by atomic mass is 10.2. The monoisotopic (exact) mass is 410 g/mol. The van der Waals surface area contributed by atoms with Crippen LogP contribution in [0.1, 0.15) is 28.8 Å². The maximum Gasteiger partial charge on any atom is 0.246 e. The molecule has 0 unspecified atom stereocenters. The van der Waals surface area contributed by atoms with Gasteiger partial charge in [-0.05, 0) is 55.3 Å². The molecule has 4 nitrogen and oxygen atoms in total. The molecule has 0 spiro atoms. The first-order valence-electron chi connectivity index (χ1n) is 9.39. The van der Waals surface area contributed by atoms with Gasteiger partial charge in [0.1, 0.15) is 18.2 Å². The number of hydrogen-bond donors (Lipinski definition) is 0. The van der Waals surface area contributed by atoms with E-state index >= 15 is 0 Å². The number of rotatable bonds is 8. The van der Waals surface area contributed by atoms with E-state index in [4.69, 9.17) is 4.74 Å². The number of ether oxygens (including phenoxy) is 1. The zero-order valence-electron chi connectivity index (χ0n) is 16.5. The van der Waals surface area contributed by atoms with Crippen molar-refractivity contribution in [3.63, 3.8) is 0 Å². The Balaban J connectivity index is 1.61. The molecule has 0 bridgehead atoms. The fourth-order valence-electron chi connectivity index (χ4n) is 2.81. The van der Waals surface area contributed by atoms with Gasteiger partial charge in [-0.1, -0.05) is 24.3 Å². The number of halogens is 1. The summed E-state index contributed by atoms with van der Waals surface area (Å²) in [6.45, 7) is 5.18. The highest BCUT2D eigenvalue weighted by Crippen LogP contribution is 2.17. The lowest BCUT2D eigenvalue weighted by Crippen LogP contribution is -2.28. The van der Waals surface area contributed by atoms with E-state index in [9.17, 15) is 9.18 Å². The van der Waals surface area contributed by atoms with E-state index in [1.165, 1.54) is 18.2 Å². The minimum absolute atomic E-state index is 0.124. The molecule has 0 saturated heterocycles. The standard InChI is InChI=1S/C23H23FN2O2S/c1-3-26(14-19-7-4-8-20(24)12-19)23(27)11-10-18-6-5-9-22(13-18)28-15-21-16-29-17(2)25-21/h4-13,16H,3,14-15H2,1-2H3/b11-10+. The predicted octanol–water partition coefficient (Wildman–Crippen LogP) is 5.23. The number of carbonyl (C=O) groups is 1. The summed E-state index contributed by atoms with van der Waals surface area (Å²) in [5.74, 6) is 0.296. The Labute approximate surface area is 174 Å². The van der Waals surface area contributed by atoms with Crippen molar-refractivity contribution in [2.24, 2.45) is 0 Å². The highest BCUT2D eigenvalue weighted by molar-refractivity contribution is 7.09. The third-order valence-electron chi connectivity index (χ3n) is 4.29. The van der Waals surface area contributed by atoms with Gasteiger partial charge in [0.25, 0.3) is 0 Å². The van der Waals surface area contributed by atoms with Crippen LogP contribution in [0.3, 0.4) is 0 Å². The Morgan fingerprint density at radius 3 is 2.79 bits per heavy atom. The molecule has 0 radical (unpaired) electrons. The Bertz CT molecular complexity index is 1000. The lowest BCUT2D eigenvalue weighted by Gasteiger charge is -2.19. The fourth-order valence-corrected chi connectivity index (χ4v) is 3.41. The fraction of sp³-hybridized carbons (Fsp3) is 0.217. The molecule has 3 rings (SSSR count). The maximum atomic E-state index is 13.4. The first kappa shape index (κ1) is 20.7. The normalized spacial score (nSPS) is 11.0. The van der Waals surface area contributed by atoms with Gasteiger partial charge in [-0.2, -0.15) is 0 Å². The molecule has 3 aromatic rings. The molecular weight excluding hydrogens is 387 g/mol. The number of thiazole rings is 1. The number of amides is 1. The minimum atomic E-state index is -0.300. The van der Waals surface area contributed by atoms with Crippen molar-refractivity contribution in [1.29, 1.82) is 0 Å². The molecular formula is C23H23FN2O2S. The number of aryl methyl sites for hydroxylation is 1. The van der Waals surface area contributed by atoms with Gasteiger partial charge in [-0.15, -0.1) is 11.3 Å². The van der Waals surface area contributed by atoms with Crippen LogP contribution in [0, 0.1) is 12.7 Å². The largest absolute Gasteiger partial charge is 0.487 e. The highest BCUT2D eigenvalue weighted by Gasteiger charge is 2.09. The molecule has 1 heterocycles. The number of likely N-dealkylation sites (N-methyl/N-ethyl adjacent to an activating group) is 1. The molecule has 0 N–H and O–H groups in total. The van der Waals surface area contributed by atoms with Crippen LogP contribution in [0.4, 0.5) is 4.39 Å². The number of aromatic nitrogens is 1. The lowest BCUT2D eigenvalue weighted by molar-refractivity contribution is -0.126. The van der Waals surface area contributed by atoms with Gasteiger partial charge in [0.15, 0.2) is 0 Å². The van der Waals surface area contributed by atoms with E-state index in [1.54, 1.807) is 28.4 Å². The summed E-state index contributed by atoms with van der Waals surface area (Å²) < 4.78 is 19.2. The second-order valence-corrected chi connectivity index (χ2v) is 7.60. The van der Waals surface area contributed by atoms with Crippen LogP contribution in [0.25, 0.3) is 6.08 Å². The van der Waals surface area contributed by atoms with Crippen LogP contribution in [-0.2, 0) is 17.9 Å². The third-order valence-corrected chi connectivity index (χ3v) is 5.11. The van der Waals surface area contributed by atoms with E-state index < -0.39 is 0 Å². The number of benzene rings is 2. The summed E-state index contributed by atoms with van der Waals surface area (Å²) in [5, 5.41) is 2.99. The summed E-state index contributed by atoms with van der Waals surface area (Å²) in [5.41, 5.74) is 2.54. The molecule has 0 fully saturated rings. The smallest absolute Gasteiger partial charge is 0.246 e. The first-order valence-corrected chi connectivity index (χ1v) is 10.3.